The summed E-state index contributed by atoms with van der Waals surface area (Å²) in [5, 5.41) is 3.22. The lowest BCUT2D eigenvalue weighted by atomic mass is 9.80. The van der Waals surface area contributed by atoms with Crippen LogP contribution >= 0.6 is 0 Å². The lowest BCUT2D eigenvalue weighted by Crippen LogP contribution is -2.51. The Labute approximate surface area is 144 Å². The van der Waals surface area contributed by atoms with Crippen LogP contribution < -0.4 is 5.32 Å². The van der Waals surface area contributed by atoms with E-state index in [1.165, 1.54) is 0 Å². The summed E-state index contributed by atoms with van der Waals surface area (Å²) in [7, 11) is -1.84. The Morgan fingerprint density at radius 3 is 2.76 bits per heavy atom. The number of halogens is 3. The van der Waals surface area contributed by atoms with E-state index in [2.05, 4.69) is 20.2 Å². The van der Waals surface area contributed by atoms with Gasteiger partial charge in [0.2, 0.25) is 0 Å². The van der Waals surface area contributed by atoms with Crippen molar-refractivity contribution in [2.24, 2.45) is 10.9 Å². The molecule has 1 saturated carbocycles. The molecule has 1 aromatic heterocycles. The number of sulfone groups is 1. The maximum Gasteiger partial charge on any atom is 0.390 e. The van der Waals surface area contributed by atoms with Crippen molar-refractivity contribution in [1.29, 1.82) is 0 Å². The summed E-state index contributed by atoms with van der Waals surface area (Å²) < 4.78 is 60.3. The first kappa shape index (κ1) is 18.2. The van der Waals surface area contributed by atoms with Gasteiger partial charge in [0, 0.05) is 17.8 Å². The topological polar surface area (TPSA) is 77.6 Å². The number of H-pyrrole nitrogens is 1. The fourth-order valence-corrected chi connectivity index (χ4v) is 5.16. The van der Waals surface area contributed by atoms with Gasteiger partial charge in [-0.3, -0.25) is 5.32 Å². The fraction of sp³-hybridized carbons (Fsp3) is 0.667. The van der Waals surface area contributed by atoms with E-state index in [9.17, 15) is 21.6 Å². The average molecular weight is 378 g/mol. The molecule has 0 amide bonds. The number of fused-ring (bicyclic) bond motifs is 1. The Hall–Kier alpha value is -1.55. The van der Waals surface area contributed by atoms with Gasteiger partial charge in [0.1, 0.15) is 12.0 Å². The van der Waals surface area contributed by atoms with E-state index in [4.69, 9.17) is 0 Å². The predicted octanol–water partition coefficient (Wildman–Crippen LogP) is 2.35. The number of nitrogens with zero attached hydrogens (tertiary/aromatic N) is 2. The largest absolute Gasteiger partial charge is 0.390 e. The van der Waals surface area contributed by atoms with E-state index < -0.39 is 28.2 Å². The molecule has 1 aliphatic heterocycles. The monoisotopic (exact) mass is 378 g/mol. The standard InChI is InChI=1S/C15H21F3N4O2S/c1-19-14-12-2-4-20-13(12)21-9-22(14)11-6-10(7-11)8-25(23,24)5-3-15(16,17)18/h2,4,9-11,14,19-20H,3,5-8H2,1H3. The molecule has 1 aliphatic carbocycles. The van der Waals surface area contributed by atoms with Gasteiger partial charge in [0.25, 0.3) is 0 Å². The number of nitrogens with one attached hydrogen (secondary N) is 2. The van der Waals surface area contributed by atoms with Gasteiger partial charge in [-0.05, 0) is 31.9 Å². The molecule has 140 valence electrons. The lowest BCUT2D eigenvalue weighted by Gasteiger charge is -2.46. The zero-order valence-corrected chi connectivity index (χ0v) is 14.6. The molecule has 0 aromatic carbocycles. The highest BCUT2D eigenvalue weighted by Crippen LogP contribution is 2.39. The number of hydrogen-bond donors (Lipinski definition) is 2. The van der Waals surface area contributed by atoms with E-state index in [1.807, 2.05) is 19.3 Å². The van der Waals surface area contributed by atoms with Crippen LogP contribution in [0.5, 0.6) is 0 Å². The van der Waals surface area contributed by atoms with Gasteiger partial charge >= 0.3 is 6.18 Å². The molecule has 0 spiro atoms. The average Bonchev–Trinajstić information content (AvgIpc) is 2.96. The van der Waals surface area contributed by atoms with Crippen molar-refractivity contribution in [2.45, 2.75) is 37.6 Å². The molecule has 6 nitrogen and oxygen atoms in total. The smallest absolute Gasteiger partial charge is 0.346 e. The first-order valence-corrected chi connectivity index (χ1v) is 9.94. The zero-order chi connectivity index (χ0) is 18.2. The van der Waals surface area contributed by atoms with Crippen LogP contribution in [0.1, 0.15) is 31.0 Å². The van der Waals surface area contributed by atoms with Crippen molar-refractivity contribution in [3.63, 3.8) is 0 Å². The van der Waals surface area contributed by atoms with Crippen molar-refractivity contribution in [3.8, 4) is 0 Å². The van der Waals surface area contributed by atoms with E-state index in [1.54, 1.807) is 6.34 Å². The Kier molecular flexibility index (Phi) is 4.84. The maximum atomic E-state index is 12.2. The zero-order valence-electron chi connectivity index (χ0n) is 13.8. The summed E-state index contributed by atoms with van der Waals surface area (Å²) in [4.78, 5) is 9.45. The Morgan fingerprint density at radius 1 is 1.40 bits per heavy atom. The number of rotatable bonds is 6. The summed E-state index contributed by atoms with van der Waals surface area (Å²) >= 11 is 0. The number of hydrogen-bond acceptors (Lipinski definition) is 5. The molecule has 1 aromatic rings. The van der Waals surface area contributed by atoms with Crippen LogP contribution in [0.2, 0.25) is 0 Å². The van der Waals surface area contributed by atoms with Crippen LogP contribution in [0.4, 0.5) is 19.0 Å². The molecule has 0 bridgehead atoms. The van der Waals surface area contributed by atoms with E-state index in [0.717, 1.165) is 11.4 Å². The number of aromatic nitrogens is 1. The highest BCUT2D eigenvalue weighted by atomic mass is 32.2. The highest BCUT2D eigenvalue weighted by molar-refractivity contribution is 7.91. The summed E-state index contributed by atoms with van der Waals surface area (Å²) in [5.41, 5.74) is 1.02. The number of aliphatic imine (C=N–C) groups is 1. The van der Waals surface area contributed by atoms with E-state index in [0.29, 0.717) is 12.8 Å². The van der Waals surface area contributed by atoms with Gasteiger partial charge < -0.3 is 9.88 Å². The van der Waals surface area contributed by atoms with Crippen LogP contribution in [0.3, 0.4) is 0 Å². The first-order valence-electron chi connectivity index (χ1n) is 8.12. The summed E-state index contributed by atoms with van der Waals surface area (Å²) in [6, 6.07) is 2.07. The third-order valence-corrected chi connectivity index (χ3v) is 6.57. The normalized spacial score (nSPS) is 26.4. The molecule has 3 rings (SSSR count). The molecule has 1 fully saturated rings. The fourth-order valence-electron chi connectivity index (χ4n) is 3.46. The predicted molar refractivity (Wildman–Crippen MR) is 88.4 cm³/mol. The third-order valence-electron chi connectivity index (χ3n) is 4.76. The lowest BCUT2D eigenvalue weighted by molar-refractivity contribution is -0.129. The summed E-state index contributed by atoms with van der Waals surface area (Å²) in [5.74, 6) is -0.304. The Bertz CT molecular complexity index is 738. The molecule has 25 heavy (non-hydrogen) atoms. The molecule has 0 saturated heterocycles. The highest BCUT2D eigenvalue weighted by Gasteiger charge is 2.40. The maximum absolute atomic E-state index is 12.2. The second-order valence-corrected chi connectivity index (χ2v) is 8.86. The minimum atomic E-state index is -4.44. The van der Waals surface area contributed by atoms with Crippen LogP contribution in [0, 0.1) is 5.92 Å². The van der Waals surface area contributed by atoms with Crippen LogP contribution in [0.15, 0.2) is 17.3 Å². The molecule has 0 radical (unpaired) electrons. The molecule has 2 aliphatic rings. The Balaban J connectivity index is 1.54. The Morgan fingerprint density at radius 2 is 2.12 bits per heavy atom. The summed E-state index contributed by atoms with van der Waals surface area (Å²) in [6.07, 6.45) is -0.946. The SMILES string of the molecule is CNC1c2cc[nH]c2N=CN1C1CC(CS(=O)(=O)CCC(F)(F)F)C1. The molecule has 2 N–H and O–H groups in total. The molecule has 10 heteroatoms. The number of aromatic amines is 1. The summed E-state index contributed by atoms with van der Waals surface area (Å²) in [6.45, 7) is 0. The van der Waals surface area contributed by atoms with Crippen molar-refractivity contribution in [1.82, 2.24) is 15.2 Å². The van der Waals surface area contributed by atoms with Gasteiger partial charge in [-0.1, -0.05) is 0 Å². The van der Waals surface area contributed by atoms with E-state index >= 15 is 0 Å². The van der Waals surface area contributed by atoms with Gasteiger partial charge in [-0.2, -0.15) is 13.2 Å². The molecule has 1 atom stereocenters. The van der Waals surface area contributed by atoms with Crippen molar-refractivity contribution >= 4 is 22.0 Å². The van der Waals surface area contributed by atoms with Crippen molar-refractivity contribution < 1.29 is 21.6 Å². The van der Waals surface area contributed by atoms with Crippen LogP contribution in [0.25, 0.3) is 0 Å². The van der Waals surface area contributed by atoms with Crippen LogP contribution in [-0.4, -0.2) is 55.4 Å². The molecular formula is C15H21F3N4O2S. The van der Waals surface area contributed by atoms with Crippen molar-refractivity contribution in [2.75, 3.05) is 18.6 Å². The van der Waals surface area contributed by atoms with Crippen LogP contribution in [-0.2, 0) is 9.84 Å². The minimum Gasteiger partial charge on any atom is -0.346 e. The van der Waals surface area contributed by atoms with E-state index in [-0.39, 0.29) is 23.9 Å². The number of alkyl halides is 3. The van der Waals surface area contributed by atoms with Gasteiger partial charge in [-0.25, -0.2) is 13.4 Å². The molecule has 1 unspecified atom stereocenters. The second-order valence-electron chi connectivity index (χ2n) is 6.64. The molecule has 2 heterocycles. The first-order chi connectivity index (χ1) is 11.7. The van der Waals surface area contributed by atoms with Gasteiger partial charge in [0.05, 0.1) is 24.3 Å². The quantitative estimate of drug-likeness (QED) is 0.797. The third kappa shape index (κ3) is 4.17. The van der Waals surface area contributed by atoms with Gasteiger partial charge in [-0.15, -0.1) is 0 Å². The van der Waals surface area contributed by atoms with Crippen molar-refractivity contribution in [3.05, 3.63) is 17.8 Å². The van der Waals surface area contributed by atoms with Gasteiger partial charge in [0.15, 0.2) is 9.84 Å². The molecular weight excluding hydrogens is 357 g/mol. The minimum absolute atomic E-state index is 0.0495. The second kappa shape index (κ2) is 6.64.